The smallest absolute Gasteiger partial charge is 0.412 e. The van der Waals surface area contributed by atoms with Gasteiger partial charge in [0.15, 0.2) is 11.6 Å². The zero-order valence-electron chi connectivity index (χ0n) is 21.9. The van der Waals surface area contributed by atoms with E-state index < -0.39 is 41.8 Å². The number of benzene rings is 1. The number of amides is 1. The molecule has 3 atom stereocenters. The van der Waals surface area contributed by atoms with Gasteiger partial charge in [0.25, 0.3) is 0 Å². The first-order chi connectivity index (χ1) is 16.8. The number of carbonyl (C=O) groups is 3. The van der Waals surface area contributed by atoms with Gasteiger partial charge in [-0.25, -0.2) is 9.59 Å². The molecule has 9 nitrogen and oxygen atoms in total. The van der Waals surface area contributed by atoms with Crippen LogP contribution in [0.3, 0.4) is 0 Å². The van der Waals surface area contributed by atoms with Crippen molar-refractivity contribution in [3.05, 3.63) is 41.5 Å². The van der Waals surface area contributed by atoms with Gasteiger partial charge in [0.2, 0.25) is 0 Å². The maximum atomic E-state index is 13.3. The van der Waals surface area contributed by atoms with E-state index in [1.165, 1.54) is 19.3 Å². The lowest BCUT2D eigenvalue weighted by atomic mass is 10.0. The van der Waals surface area contributed by atoms with Crippen LogP contribution in [-0.2, 0) is 23.7 Å². The van der Waals surface area contributed by atoms with Crippen molar-refractivity contribution >= 4 is 29.6 Å². The fourth-order valence-electron chi connectivity index (χ4n) is 3.96. The van der Waals surface area contributed by atoms with Crippen molar-refractivity contribution in [1.29, 1.82) is 0 Å². The minimum atomic E-state index is -0.904. The van der Waals surface area contributed by atoms with E-state index in [1.54, 1.807) is 65.8 Å². The molecule has 9 heteroatoms. The van der Waals surface area contributed by atoms with E-state index in [9.17, 15) is 14.4 Å². The molecular weight excluding hydrogens is 466 g/mol. The number of carbonyl (C=O) groups excluding carboxylic acids is 3. The second-order valence-electron chi connectivity index (χ2n) is 10.3. The van der Waals surface area contributed by atoms with Crippen LogP contribution in [0.1, 0.15) is 70.3 Å². The Morgan fingerprint density at radius 3 is 2.44 bits per heavy atom. The largest absolute Gasteiger partial charge is 0.497 e. The lowest BCUT2D eigenvalue weighted by Crippen LogP contribution is -2.30. The lowest BCUT2D eigenvalue weighted by molar-refractivity contribution is -0.152. The summed E-state index contributed by atoms with van der Waals surface area (Å²) >= 11 is 0. The van der Waals surface area contributed by atoms with Gasteiger partial charge in [-0.2, -0.15) is 0 Å². The van der Waals surface area contributed by atoms with Gasteiger partial charge < -0.3 is 23.7 Å². The molecule has 2 aliphatic heterocycles. The zero-order chi connectivity index (χ0) is 26.7. The van der Waals surface area contributed by atoms with Crippen molar-refractivity contribution in [2.24, 2.45) is 0 Å². The third-order valence-corrected chi connectivity index (χ3v) is 5.41. The molecule has 2 aliphatic rings. The molecule has 0 radical (unpaired) electrons. The highest BCUT2D eigenvalue weighted by Gasteiger charge is 2.43. The zero-order valence-corrected chi connectivity index (χ0v) is 21.9. The van der Waals surface area contributed by atoms with Crippen LogP contribution >= 0.6 is 0 Å². The summed E-state index contributed by atoms with van der Waals surface area (Å²) in [5.74, 6) is -1.32. The summed E-state index contributed by atoms with van der Waals surface area (Å²) in [6.07, 6.45) is 4.75. The Kier molecular flexibility index (Phi) is 8.26. The number of fused-ring (bicyclic) bond motifs is 2. The predicted octanol–water partition coefficient (Wildman–Crippen LogP) is 5.04. The van der Waals surface area contributed by atoms with Crippen LogP contribution in [0.15, 0.2) is 30.4 Å². The molecule has 0 bridgehead atoms. The summed E-state index contributed by atoms with van der Waals surface area (Å²) in [4.78, 5) is 38.6. The molecule has 36 heavy (non-hydrogen) atoms. The minimum absolute atomic E-state index is 0.155. The van der Waals surface area contributed by atoms with Gasteiger partial charge in [0.05, 0.1) is 24.5 Å². The second-order valence-corrected chi connectivity index (χ2v) is 10.3. The standard InChI is InChI=1S/C27H35NO8/c1-16-10-8-12-20(29)23-21(34-27(5,6)35-23)13-9-11-17-14-18(32-7)15-19(22(17)24(30)33-16)28-25(31)36-26(2,3)4/h8-9,11-12,14-16,21,23H,10,13H2,1-7H3,(H,28,31)/b11-9?,12-8-/t16-,21-,23+/m0/s1. The van der Waals surface area contributed by atoms with Gasteiger partial charge in [0.1, 0.15) is 23.6 Å². The first-order valence-corrected chi connectivity index (χ1v) is 11.9. The molecule has 1 saturated heterocycles. The van der Waals surface area contributed by atoms with Crippen molar-refractivity contribution in [3.63, 3.8) is 0 Å². The van der Waals surface area contributed by atoms with Crippen molar-refractivity contribution in [2.45, 2.75) is 84.1 Å². The van der Waals surface area contributed by atoms with Crippen LogP contribution in [-0.4, -0.2) is 54.7 Å². The third kappa shape index (κ3) is 7.18. The Bertz CT molecular complexity index is 1070. The van der Waals surface area contributed by atoms with Crippen LogP contribution < -0.4 is 10.1 Å². The number of hydrogen-bond donors (Lipinski definition) is 1. The summed E-state index contributed by atoms with van der Waals surface area (Å²) in [5, 5.41) is 2.66. The Balaban J connectivity index is 2.04. The Morgan fingerprint density at radius 1 is 1.08 bits per heavy atom. The van der Waals surface area contributed by atoms with E-state index >= 15 is 0 Å². The number of methoxy groups -OCH3 is 1. The Hall–Kier alpha value is -3.17. The van der Waals surface area contributed by atoms with Crippen molar-refractivity contribution in [1.82, 2.24) is 0 Å². The topological polar surface area (TPSA) is 109 Å². The average Bonchev–Trinajstić information content (AvgIpc) is 3.05. The number of nitrogens with one attached hydrogen (secondary N) is 1. The maximum absolute atomic E-state index is 13.3. The summed E-state index contributed by atoms with van der Waals surface area (Å²) in [5.41, 5.74) is 0.0813. The summed E-state index contributed by atoms with van der Waals surface area (Å²) in [7, 11) is 1.49. The van der Waals surface area contributed by atoms with E-state index in [2.05, 4.69) is 5.32 Å². The summed E-state index contributed by atoms with van der Waals surface area (Å²) in [6.45, 7) is 10.5. The average molecular weight is 502 g/mol. The molecule has 196 valence electrons. The minimum Gasteiger partial charge on any atom is -0.497 e. The predicted molar refractivity (Wildman–Crippen MR) is 134 cm³/mol. The van der Waals surface area contributed by atoms with Crippen molar-refractivity contribution in [3.8, 4) is 5.75 Å². The van der Waals surface area contributed by atoms with Gasteiger partial charge in [-0.15, -0.1) is 0 Å². The quantitative estimate of drug-likeness (QED) is 0.562. The summed E-state index contributed by atoms with van der Waals surface area (Å²) in [6, 6.07) is 3.21. The first kappa shape index (κ1) is 27.4. The van der Waals surface area contributed by atoms with E-state index in [4.69, 9.17) is 23.7 Å². The summed E-state index contributed by atoms with van der Waals surface area (Å²) < 4.78 is 28.2. The highest BCUT2D eigenvalue weighted by atomic mass is 16.8. The van der Waals surface area contributed by atoms with Crippen LogP contribution in [0, 0.1) is 0 Å². The van der Waals surface area contributed by atoms with Gasteiger partial charge >= 0.3 is 12.1 Å². The Labute approximate surface area is 211 Å². The lowest BCUT2D eigenvalue weighted by Gasteiger charge is -2.22. The number of ketones is 1. The van der Waals surface area contributed by atoms with Crippen LogP contribution in [0.4, 0.5) is 10.5 Å². The molecule has 1 aromatic carbocycles. The van der Waals surface area contributed by atoms with Crippen LogP contribution in [0.5, 0.6) is 5.75 Å². The van der Waals surface area contributed by atoms with Crippen LogP contribution in [0.25, 0.3) is 6.08 Å². The van der Waals surface area contributed by atoms with E-state index in [0.717, 1.165) is 0 Å². The fourth-order valence-corrected chi connectivity index (χ4v) is 3.96. The molecule has 1 aromatic rings. The van der Waals surface area contributed by atoms with Gasteiger partial charge in [-0.05, 0) is 65.7 Å². The molecule has 0 aliphatic carbocycles. The molecule has 1 fully saturated rings. The SMILES string of the molecule is COc1cc2c(c(NC(=O)OC(C)(C)C)c1)C(=O)O[C@@H](C)C/C=C\C(=O)[C@H]1OC(C)(C)O[C@H]1CC=C2. The van der Waals surface area contributed by atoms with Crippen molar-refractivity contribution < 1.29 is 38.1 Å². The molecule has 0 unspecified atom stereocenters. The number of esters is 1. The van der Waals surface area contributed by atoms with Gasteiger partial charge in [-0.1, -0.05) is 18.2 Å². The van der Waals surface area contributed by atoms with E-state index in [0.29, 0.717) is 24.2 Å². The molecule has 0 spiro atoms. The Morgan fingerprint density at radius 2 is 1.78 bits per heavy atom. The van der Waals surface area contributed by atoms with Crippen molar-refractivity contribution in [2.75, 3.05) is 12.4 Å². The fraction of sp³-hybridized carbons (Fsp3) is 0.519. The number of anilines is 1. The molecule has 0 aromatic heterocycles. The third-order valence-electron chi connectivity index (χ3n) is 5.41. The normalized spacial score (nSPS) is 25.1. The molecule has 3 rings (SSSR count). The second kappa shape index (κ2) is 10.8. The molecule has 2 heterocycles. The van der Waals surface area contributed by atoms with Gasteiger partial charge in [0, 0.05) is 12.5 Å². The molecule has 0 saturated carbocycles. The molecular formula is C27H35NO8. The maximum Gasteiger partial charge on any atom is 0.412 e. The number of cyclic esters (lactones) is 1. The van der Waals surface area contributed by atoms with E-state index in [1.807, 2.05) is 0 Å². The van der Waals surface area contributed by atoms with Crippen LogP contribution in [0.2, 0.25) is 0 Å². The highest BCUT2D eigenvalue weighted by Crippen LogP contribution is 2.33. The highest BCUT2D eigenvalue weighted by molar-refractivity contribution is 6.03. The van der Waals surface area contributed by atoms with E-state index in [-0.39, 0.29) is 17.0 Å². The van der Waals surface area contributed by atoms with Gasteiger partial charge in [-0.3, -0.25) is 10.1 Å². The molecule has 1 amide bonds. The molecule has 1 N–H and O–H groups in total. The number of ether oxygens (including phenoxy) is 5. The first-order valence-electron chi connectivity index (χ1n) is 11.9. The number of rotatable bonds is 2. The monoisotopic (exact) mass is 501 g/mol. The number of hydrogen-bond acceptors (Lipinski definition) is 8.